The number of carbonyl (C=O) groups excluding carboxylic acids is 2. The molecule has 2 fully saturated rings. The lowest BCUT2D eigenvalue weighted by Gasteiger charge is -2.34. The molecule has 1 N–H and O–H groups in total. The van der Waals surface area contributed by atoms with Gasteiger partial charge in [-0.25, -0.2) is 0 Å². The van der Waals surface area contributed by atoms with E-state index in [1.165, 1.54) is 19.3 Å². The number of hydrogen-bond acceptors (Lipinski definition) is 7. The Kier molecular flexibility index (Phi) is 13.0. The Labute approximate surface area is 240 Å². The molecule has 1 saturated carbocycles. The van der Waals surface area contributed by atoms with Crippen LogP contribution in [0.3, 0.4) is 0 Å². The van der Waals surface area contributed by atoms with Crippen LogP contribution in [0.2, 0.25) is 0 Å². The van der Waals surface area contributed by atoms with Gasteiger partial charge < -0.3 is 34.1 Å². The van der Waals surface area contributed by atoms with Gasteiger partial charge in [-0.3, -0.25) is 9.59 Å². The Hall–Kier alpha value is -2.36. The summed E-state index contributed by atoms with van der Waals surface area (Å²) >= 11 is 0. The van der Waals surface area contributed by atoms with Gasteiger partial charge in [-0.2, -0.15) is 0 Å². The molecule has 3 rings (SSSR count). The lowest BCUT2D eigenvalue weighted by atomic mass is 9.84. The van der Waals surface area contributed by atoms with Crippen LogP contribution in [0.25, 0.3) is 0 Å². The van der Waals surface area contributed by atoms with Crippen LogP contribution in [0, 0.1) is 17.8 Å². The predicted molar refractivity (Wildman–Crippen MR) is 156 cm³/mol. The zero-order chi connectivity index (χ0) is 29.1. The number of hydrogen-bond donors (Lipinski definition) is 1. The normalized spacial score (nSPS) is 20.4. The maximum absolute atomic E-state index is 13.8. The van der Waals surface area contributed by atoms with Gasteiger partial charge >= 0.3 is 0 Å². The van der Waals surface area contributed by atoms with E-state index in [0.29, 0.717) is 49.3 Å². The number of likely N-dealkylation sites (N-methyl/N-ethyl adjacent to an activating group) is 1. The van der Waals surface area contributed by atoms with Crippen molar-refractivity contribution >= 4 is 11.8 Å². The van der Waals surface area contributed by atoms with Crippen LogP contribution in [0.1, 0.15) is 62.7 Å². The highest BCUT2D eigenvalue weighted by molar-refractivity contribution is 5.95. The number of ether oxygens (including phenoxy) is 4. The lowest BCUT2D eigenvalue weighted by molar-refractivity contribution is -0.145. The lowest BCUT2D eigenvalue weighted by Crippen LogP contribution is -2.46. The topological polar surface area (TPSA) is 89.6 Å². The number of carbonyl (C=O) groups is 2. The van der Waals surface area contributed by atoms with Crippen LogP contribution in [0.4, 0.5) is 0 Å². The van der Waals surface area contributed by atoms with Crippen LogP contribution < -0.4 is 14.8 Å². The zero-order valence-corrected chi connectivity index (χ0v) is 25.4. The van der Waals surface area contributed by atoms with E-state index in [1.54, 1.807) is 39.5 Å². The monoisotopic (exact) mass is 561 g/mol. The SMILES string of the molecule is COCCCOc1cc(C(=O)N(C[C@@H]2CNC[C@H]2CN(C)C(=O)[C@@H](OC)C2CCCCC2)C(C)C)ccc1OC. The Morgan fingerprint density at radius 2 is 1.68 bits per heavy atom. The van der Waals surface area contributed by atoms with Crippen LogP contribution in [0.5, 0.6) is 11.5 Å². The van der Waals surface area contributed by atoms with E-state index >= 15 is 0 Å². The minimum atomic E-state index is -0.368. The second kappa shape index (κ2) is 16.2. The first-order chi connectivity index (χ1) is 19.3. The molecular weight excluding hydrogens is 510 g/mol. The molecule has 1 aliphatic heterocycles. The molecule has 0 bridgehead atoms. The Morgan fingerprint density at radius 1 is 0.975 bits per heavy atom. The van der Waals surface area contributed by atoms with E-state index in [-0.39, 0.29) is 35.8 Å². The summed E-state index contributed by atoms with van der Waals surface area (Å²) in [6.45, 7) is 8.07. The maximum atomic E-state index is 13.8. The Balaban J connectivity index is 1.66. The van der Waals surface area contributed by atoms with E-state index in [4.69, 9.17) is 18.9 Å². The average molecular weight is 562 g/mol. The summed E-state index contributed by atoms with van der Waals surface area (Å²) in [6.07, 6.45) is 6.08. The summed E-state index contributed by atoms with van der Waals surface area (Å²) in [4.78, 5) is 30.9. The standard InChI is InChI=1S/C31H51N3O6/c1-22(2)34(30(35)24-13-14-27(38-5)28(17-24)40-16-10-15-37-4)21-26-19-32-18-25(26)20-33(3)31(36)29(39-6)23-11-8-7-9-12-23/h13-14,17,22-23,25-26,29,32H,7-12,15-16,18-21H2,1-6H3/t25-,26-,29-/m0/s1. The molecule has 0 aromatic heterocycles. The molecule has 0 unspecified atom stereocenters. The molecule has 1 saturated heterocycles. The van der Waals surface area contributed by atoms with Gasteiger partial charge in [0.15, 0.2) is 11.5 Å². The third kappa shape index (κ3) is 8.57. The summed E-state index contributed by atoms with van der Waals surface area (Å²) in [5, 5.41) is 3.50. The molecule has 0 radical (unpaired) electrons. The summed E-state index contributed by atoms with van der Waals surface area (Å²) < 4.78 is 22.2. The van der Waals surface area contributed by atoms with Gasteiger partial charge in [0, 0.05) is 72.1 Å². The van der Waals surface area contributed by atoms with Crippen LogP contribution in [-0.2, 0) is 14.3 Å². The van der Waals surface area contributed by atoms with Crippen LogP contribution >= 0.6 is 0 Å². The van der Waals surface area contributed by atoms with Crippen molar-refractivity contribution in [2.45, 2.75) is 64.5 Å². The van der Waals surface area contributed by atoms with E-state index in [1.807, 2.05) is 30.7 Å². The predicted octanol–water partition coefficient (Wildman–Crippen LogP) is 3.85. The van der Waals surface area contributed by atoms with Gasteiger partial charge in [-0.15, -0.1) is 0 Å². The first-order valence-corrected chi connectivity index (χ1v) is 14.9. The molecular formula is C31H51N3O6. The molecule has 9 nitrogen and oxygen atoms in total. The fraction of sp³-hybridized carbons (Fsp3) is 0.742. The molecule has 1 heterocycles. The fourth-order valence-electron chi connectivity index (χ4n) is 6.06. The van der Waals surface area contributed by atoms with Crippen LogP contribution in [-0.4, -0.2) is 102 Å². The molecule has 226 valence electrons. The molecule has 1 aliphatic carbocycles. The van der Waals surface area contributed by atoms with Crippen LogP contribution in [0.15, 0.2) is 18.2 Å². The first-order valence-electron chi connectivity index (χ1n) is 14.9. The summed E-state index contributed by atoms with van der Waals surface area (Å²) in [6, 6.07) is 5.38. The minimum Gasteiger partial charge on any atom is -0.493 e. The van der Waals surface area contributed by atoms with Crippen molar-refractivity contribution in [3.63, 3.8) is 0 Å². The zero-order valence-electron chi connectivity index (χ0n) is 25.4. The molecule has 2 amide bonds. The van der Waals surface area contributed by atoms with Crippen molar-refractivity contribution in [3.05, 3.63) is 23.8 Å². The van der Waals surface area contributed by atoms with Crippen molar-refractivity contribution in [3.8, 4) is 11.5 Å². The van der Waals surface area contributed by atoms with Crippen molar-refractivity contribution in [2.24, 2.45) is 17.8 Å². The number of methoxy groups -OCH3 is 3. The second-order valence-corrected chi connectivity index (χ2v) is 11.6. The minimum absolute atomic E-state index is 0.0189. The number of nitrogens with zero attached hydrogens (tertiary/aromatic N) is 2. The van der Waals surface area contributed by atoms with E-state index in [0.717, 1.165) is 32.4 Å². The summed E-state index contributed by atoms with van der Waals surface area (Å²) in [7, 11) is 6.81. The number of amides is 2. The molecule has 3 atom stereocenters. The third-order valence-electron chi connectivity index (χ3n) is 8.42. The van der Waals surface area contributed by atoms with Gasteiger partial charge in [-0.05, 0) is 62.6 Å². The van der Waals surface area contributed by atoms with Crippen molar-refractivity contribution in [1.29, 1.82) is 0 Å². The van der Waals surface area contributed by atoms with Gasteiger partial charge in [0.1, 0.15) is 6.10 Å². The molecule has 0 spiro atoms. The van der Waals surface area contributed by atoms with Gasteiger partial charge in [0.25, 0.3) is 11.8 Å². The fourth-order valence-corrected chi connectivity index (χ4v) is 6.06. The van der Waals surface area contributed by atoms with Gasteiger partial charge in [0.2, 0.25) is 0 Å². The highest BCUT2D eigenvalue weighted by atomic mass is 16.5. The first kappa shape index (κ1) is 32.2. The van der Waals surface area contributed by atoms with E-state index < -0.39 is 0 Å². The molecule has 2 aliphatic rings. The Morgan fingerprint density at radius 3 is 2.30 bits per heavy atom. The average Bonchev–Trinajstić information content (AvgIpc) is 3.40. The van der Waals surface area contributed by atoms with Crippen molar-refractivity contribution in [1.82, 2.24) is 15.1 Å². The highest BCUT2D eigenvalue weighted by Crippen LogP contribution is 2.31. The van der Waals surface area contributed by atoms with Crippen molar-refractivity contribution in [2.75, 3.05) is 67.8 Å². The molecule has 9 heteroatoms. The number of rotatable bonds is 15. The largest absolute Gasteiger partial charge is 0.493 e. The number of nitrogens with one attached hydrogen (secondary N) is 1. The van der Waals surface area contributed by atoms with Gasteiger partial charge in [-0.1, -0.05) is 19.3 Å². The maximum Gasteiger partial charge on any atom is 0.254 e. The van der Waals surface area contributed by atoms with E-state index in [2.05, 4.69) is 5.32 Å². The van der Waals surface area contributed by atoms with Gasteiger partial charge in [0.05, 0.1) is 13.7 Å². The molecule has 40 heavy (non-hydrogen) atoms. The highest BCUT2D eigenvalue weighted by Gasteiger charge is 2.36. The second-order valence-electron chi connectivity index (χ2n) is 11.6. The van der Waals surface area contributed by atoms with Crippen molar-refractivity contribution < 1.29 is 28.5 Å². The molecule has 1 aromatic rings. The Bertz CT molecular complexity index is 936. The number of benzene rings is 1. The quantitative estimate of drug-likeness (QED) is 0.326. The summed E-state index contributed by atoms with van der Waals surface area (Å²) in [5.41, 5.74) is 0.571. The molecule has 1 aromatic carbocycles. The third-order valence-corrected chi connectivity index (χ3v) is 8.42. The summed E-state index contributed by atoms with van der Waals surface area (Å²) in [5.74, 6) is 1.99. The smallest absolute Gasteiger partial charge is 0.254 e. The van der Waals surface area contributed by atoms with E-state index in [9.17, 15) is 9.59 Å².